The van der Waals surface area contributed by atoms with E-state index in [0.29, 0.717) is 6.04 Å². The van der Waals surface area contributed by atoms with Crippen LogP contribution in [0.15, 0.2) is 42.5 Å². The highest BCUT2D eigenvalue weighted by molar-refractivity contribution is 5.30. The zero-order valence-electron chi connectivity index (χ0n) is 13.7. The molecule has 2 rings (SSSR count). The molecule has 0 aliphatic heterocycles. The molecule has 1 atom stereocenters. The number of rotatable bonds is 6. The van der Waals surface area contributed by atoms with Crippen LogP contribution in [-0.4, -0.2) is 13.1 Å². The third-order valence-corrected chi connectivity index (χ3v) is 4.09. The monoisotopic (exact) mass is 281 g/mol. The summed E-state index contributed by atoms with van der Waals surface area (Å²) >= 11 is 0. The molecule has 0 amide bonds. The molecule has 0 spiro atoms. The van der Waals surface area contributed by atoms with E-state index in [0.717, 1.165) is 19.3 Å². The Hall–Kier alpha value is -1.60. The fourth-order valence-corrected chi connectivity index (χ4v) is 2.94. The van der Waals surface area contributed by atoms with E-state index < -0.39 is 0 Å². The number of likely N-dealkylation sites (N-methyl/N-ethyl adjacent to an activating group) is 1. The van der Waals surface area contributed by atoms with Crippen molar-refractivity contribution in [2.24, 2.45) is 0 Å². The second kappa shape index (κ2) is 7.42. The van der Waals surface area contributed by atoms with Gasteiger partial charge in [-0.05, 0) is 56.8 Å². The molecule has 0 aromatic heterocycles. The molecule has 1 heteroatoms. The minimum Gasteiger partial charge on any atom is -0.316 e. The highest BCUT2D eigenvalue weighted by atomic mass is 14.9. The Morgan fingerprint density at radius 3 is 1.86 bits per heavy atom. The van der Waals surface area contributed by atoms with Crippen molar-refractivity contribution in [3.8, 4) is 0 Å². The maximum atomic E-state index is 3.47. The van der Waals surface area contributed by atoms with E-state index >= 15 is 0 Å². The molecule has 1 unspecified atom stereocenters. The van der Waals surface area contributed by atoms with Gasteiger partial charge in [0, 0.05) is 6.04 Å². The summed E-state index contributed by atoms with van der Waals surface area (Å²) in [5.74, 6) is 0. The smallest absolute Gasteiger partial charge is 0.0145 e. The van der Waals surface area contributed by atoms with E-state index in [9.17, 15) is 0 Å². The predicted octanol–water partition coefficient (Wildman–Crippen LogP) is 4.24. The van der Waals surface area contributed by atoms with Crippen LogP contribution in [0.4, 0.5) is 0 Å². The van der Waals surface area contributed by atoms with E-state index in [1.807, 2.05) is 0 Å². The van der Waals surface area contributed by atoms with Crippen molar-refractivity contribution < 1.29 is 0 Å². The molecule has 0 heterocycles. The first-order valence-corrected chi connectivity index (χ1v) is 7.93. The van der Waals surface area contributed by atoms with Crippen molar-refractivity contribution in [1.29, 1.82) is 0 Å². The zero-order valence-corrected chi connectivity index (χ0v) is 13.7. The summed E-state index contributed by atoms with van der Waals surface area (Å²) in [5, 5.41) is 3.47. The van der Waals surface area contributed by atoms with Gasteiger partial charge in [-0.3, -0.25) is 0 Å². The summed E-state index contributed by atoms with van der Waals surface area (Å²) in [6.07, 6.45) is 3.26. The summed E-state index contributed by atoms with van der Waals surface area (Å²) in [4.78, 5) is 0. The quantitative estimate of drug-likeness (QED) is 0.835. The SMILES string of the molecule is CCc1ccc(CC(Cc2cc(C)cc(C)c2)NC)cc1. The Balaban J connectivity index is 2.05. The fourth-order valence-electron chi connectivity index (χ4n) is 2.94. The lowest BCUT2D eigenvalue weighted by Gasteiger charge is -2.17. The van der Waals surface area contributed by atoms with Crippen LogP contribution in [0.3, 0.4) is 0 Å². The molecule has 2 aromatic carbocycles. The summed E-state index contributed by atoms with van der Waals surface area (Å²) in [5.41, 5.74) is 6.96. The summed E-state index contributed by atoms with van der Waals surface area (Å²) in [6.45, 7) is 6.55. The lowest BCUT2D eigenvalue weighted by Crippen LogP contribution is -2.30. The average Bonchev–Trinajstić information content (AvgIpc) is 2.46. The molecule has 1 N–H and O–H groups in total. The topological polar surface area (TPSA) is 12.0 Å². The van der Waals surface area contributed by atoms with Crippen LogP contribution in [0, 0.1) is 13.8 Å². The standard InChI is InChI=1S/C20H27N/c1-5-17-6-8-18(9-7-17)13-20(21-4)14-19-11-15(2)10-16(3)12-19/h6-12,20-21H,5,13-14H2,1-4H3. The second-order valence-electron chi connectivity index (χ2n) is 6.06. The van der Waals surface area contributed by atoms with Gasteiger partial charge in [-0.25, -0.2) is 0 Å². The van der Waals surface area contributed by atoms with Crippen molar-refractivity contribution in [1.82, 2.24) is 5.32 Å². The maximum absolute atomic E-state index is 3.47. The molecule has 112 valence electrons. The van der Waals surface area contributed by atoms with Crippen LogP contribution in [0.2, 0.25) is 0 Å². The molecular formula is C20H27N. The minimum atomic E-state index is 0.485. The van der Waals surface area contributed by atoms with Crippen molar-refractivity contribution in [2.45, 2.75) is 46.1 Å². The molecule has 0 aliphatic rings. The van der Waals surface area contributed by atoms with E-state index in [4.69, 9.17) is 0 Å². The molecular weight excluding hydrogens is 254 g/mol. The van der Waals surface area contributed by atoms with Crippen molar-refractivity contribution in [3.05, 3.63) is 70.3 Å². The number of aryl methyl sites for hydroxylation is 3. The van der Waals surface area contributed by atoms with Crippen LogP contribution in [0.25, 0.3) is 0 Å². The van der Waals surface area contributed by atoms with Gasteiger partial charge in [0.25, 0.3) is 0 Å². The fraction of sp³-hybridized carbons (Fsp3) is 0.400. The van der Waals surface area contributed by atoms with Crippen molar-refractivity contribution in [2.75, 3.05) is 7.05 Å². The van der Waals surface area contributed by atoms with Gasteiger partial charge in [-0.2, -0.15) is 0 Å². The average molecular weight is 281 g/mol. The lowest BCUT2D eigenvalue weighted by molar-refractivity contribution is 0.556. The number of benzene rings is 2. The Bertz CT molecular complexity index is 549. The first-order chi connectivity index (χ1) is 10.1. The third kappa shape index (κ3) is 4.71. The van der Waals surface area contributed by atoms with E-state index in [-0.39, 0.29) is 0 Å². The molecule has 0 fully saturated rings. The highest BCUT2D eigenvalue weighted by Crippen LogP contribution is 2.14. The number of nitrogens with one attached hydrogen (secondary N) is 1. The number of hydrogen-bond donors (Lipinski definition) is 1. The second-order valence-corrected chi connectivity index (χ2v) is 6.06. The molecule has 21 heavy (non-hydrogen) atoms. The molecule has 0 saturated carbocycles. The molecule has 1 nitrogen and oxygen atoms in total. The van der Waals surface area contributed by atoms with Crippen molar-refractivity contribution in [3.63, 3.8) is 0 Å². The molecule has 0 saturated heterocycles. The maximum Gasteiger partial charge on any atom is 0.0145 e. The van der Waals surface area contributed by atoms with Crippen molar-refractivity contribution >= 4 is 0 Å². The van der Waals surface area contributed by atoms with Crippen LogP contribution in [-0.2, 0) is 19.3 Å². The summed E-state index contributed by atoms with van der Waals surface area (Å²) < 4.78 is 0. The lowest BCUT2D eigenvalue weighted by atomic mass is 9.96. The van der Waals surface area contributed by atoms with E-state index in [1.54, 1.807) is 0 Å². The highest BCUT2D eigenvalue weighted by Gasteiger charge is 2.09. The van der Waals surface area contributed by atoms with E-state index in [1.165, 1.54) is 27.8 Å². The van der Waals surface area contributed by atoms with Gasteiger partial charge in [-0.1, -0.05) is 60.5 Å². The Kier molecular flexibility index (Phi) is 5.58. The Labute approximate surface area is 129 Å². The molecule has 0 radical (unpaired) electrons. The minimum absolute atomic E-state index is 0.485. The van der Waals surface area contributed by atoms with Gasteiger partial charge in [-0.15, -0.1) is 0 Å². The first-order valence-electron chi connectivity index (χ1n) is 7.93. The van der Waals surface area contributed by atoms with Crippen LogP contribution in [0.1, 0.15) is 34.7 Å². The van der Waals surface area contributed by atoms with E-state index in [2.05, 4.69) is 75.6 Å². The van der Waals surface area contributed by atoms with Gasteiger partial charge < -0.3 is 5.32 Å². The number of hydrogen-bond acceptors (Lipinski definition) is 1. The van der Waals surface area contributed by atoms with Crippen LogP contribution in [0.5, 0.6) is 0 Å². The molecule has 2 aromatic rings. The van der Waals surface area contributed by atoms with Crippen LogP contribution >= 0.6 is 0 Å². The van der Waals surface area contributed by atoms with Crippen LogP contribution < -0.4 is 5.32 Å². The van der Waals surface area contributed by atoms with Gasteiger partial charge in [0.1, 0.15) is 0 Å². The third-order valence-electron chi connectivity index (χ3n) is 4.09. The Morgan fingerprint density at radius 2 is 1.33 bits per heavy atom. The summed E-state index contributed by atoms with van der Waals surface area (Å²) in [7, 11) is 2.06. The van der Waals surface area contributed by atoms with Gasteiger partial charge in [0.15, 0.2) is 0 Å². The molecule has 0 bridgehead atoms. The van der Waals surface area contributed by atoms with Gasteiger partial charge in [0.05, 0.1) is 0 Å². The molecule has 0 aliphatic carbocycles. The zero-order chi connectivity index (χ0) is 15.2. The Morgan fingerprint density at radius 1 is 0.810 bits per heavy atom. The van der Waals surface area contributed by atoms with Gasteiger partial charge in [0.2, 0.25) is 0 Å². The summed E-state index contributed by atoms with van der Waals surface area (Å²) in [6, 6.07) is 16.4. The largest absolute Gasteiger partial charge is 0.316 e. The first kappa shape index (κ1) is 15.8. The predicted molar refractivity (Wildman–Crippen MR) is 92.0 cm³/mol. The normalized spacial score (nSPS) is 12.4. The van der Waals surface area contributed by atoms with Gasteiger partial charge >= 0.3 is 0 Å².